The first-order chi connectivity index (χ1) is 9.08. The van der Waals surface area contributed by atoms with E-state index in [1.807, 2.05) is 13.0 Å². The number of rotatable bonds is 5. The van der Waals surface area contributed by atoms with E-state index in [0.29, 0.717) is 12.0 Å². The highest BCUT2D eigenvalue weighted by atomic mass is 19.1. The third-order valence-electron chi connectivity index (χ3n) is 3.87. The third-order valence-corrected chi connectivity index (χ3v) is 3.87. The maximum Gasteiger partial charge on any atom is 0.304 e. The summed E-state index contributed by atoms with van der Waals surface area (Å²) in [6, 6.07) is 7.06. The maximum absolute atomic E-state index is 13.6. The highest BCUT2D eigenvalue weighted by Crippen LogP contribution is 2.24. The first kappa shape index (κ1) is 14.0. The van der Waals surface area contributed by atoms with E-state index in [4.69, 9.17) is 5.11 Å². The summed E-state index contributed by atoms with van der Waals surface area (Å²) in [7, 11) is 0. The van der Waals surface area contributed by atoms with E-state index >= 15 is 0 Å². The Labute approximate surface area is 113 Å². The van der Waals surface area contributed by atoms with E-state index in [0.717, 1.165) is 19.4 Å². The zero-order valence-corrected chi connectivity index (χ0v) is 11.2. The van der Waals surface area contributed by atoms with Crippen molar-refractivity contribution in [3.8, 4) is 0 Å². The molecule has 1 aromatic rings. The van der Waals surface area contributed by atoms with E-state index in [1.54, 1.807) is 12.1 Å². The third kappa shape index (κ3) is 3.53. The van der Waals surface area contributed by atoms with Crippen molar-refractivity contribution in [3.63, 3.8) is 0 Å². The summed E-state index contributed by atoms with van der Waals surface area (Å²) in [6.45, 7) is 2.96. The van der Waals surface area contributed by atoms with Gasteiger partial charge in [0.2, 0.25) is 0 Å². The number of aliphatic carboxylic acids is 1. The summed E-state index contributed by atoms with van der Waals surface area (Å²) in [5, 5.41) is 8.92. The van der Waals surface area contributed by atoms with Gasteiger partial charge in [-0.1, -0.05) is 18.2 Å². The second-order valence-electron chi connectivity index (χ2n) is 5.28. The van der Waals surface area contributed by atoms with Gasteiger partial charge in [0.15, 0.2) is 0 Å². The molecule has 1 N–H and O–H groups in total. The van der Waals surface area contributed by atoms with Gasteiger partial charge in [-0.05, 0) is 44.4 Å². The van der Waals surface area contributed by atoms with Gasteiger partial charge >= 0.3 is 5.97 Å². The van der Waals surface area contributed by atoms with Gasteiger partial charge in [0, 0.05) is 12.1 Å². The molecule has 0 amide bonds. The quantitative estimate of drug-likeness (QED) is 0.890. The van der Waals surface area contributed by atoms with Crippen molar-refractivity contribution >= 4 is 5.97 Å². The van der Waals surface area contributed by atoms with Crippen LogP contribution in [0.25, 0.3) is 0 Å². The fourth-order valence-electron chi connectivity index (χ4n) is 2.96. The zero-order valence-electron chi connectivity index (χ0n) is 11.2. The van der Waals surface area contributed by atoms with Crippen LogP contribution in [0.4, 0.5) is 4.39 Å². The highest BCUT2D eigenvalue weighted by molar-refractivity contribution is 5.67. The molecule has 0 saturated carbocycles. The molecule has 1 fully saturated rings. The van der Waals surface area contributed by atoms with Crippen molar-refractivity contribution in [2.45, 2.75) is 44.7 Å². The summed E-state index contributed by atoms with van der Waals surface area (Å²) in [4.78, 5) is 13.1. The molecule has 2 rings (SSSR count). The van der Waals surface area contributed by atoms with Gasteiger partial charge in [-0.25, -0.2) is 4.39 Å². The van der Waals surface area contributed by atoms with E-state index in [2.05, 4.69) is 4.90 Å². The van der Waals surface area contributed by atoms with E-state index in [1.165, 1.54) is 6.07 Å². The molecule has 1 heterocycles. The van der Waals surface area contributed by atoms with Crippen molar-refractivity contribution in [2.24, 2.45) is 0 Å². The topological polar surface area (TPSA) is 40.5 Å². The Morgan fingerprint density at radius 3 is 2.95 bits per heavy atom. The summed E-state index contributed by atoms with van der Waals surface area (Å²) in [6.07, 6.45) is 2.76. The molecule has 0 aromatic heterocycles. The molecule has 1 saturated heterocycles. The van der Waals surface area contributed by atoms with E-state index in [9.17, 15) is 9.18 Å². The Kier molecular flexibility index (Phi) is 4.53. The molecule has 2 unspecified atom stereocenters. The zero-order chi connectivity index (χ0) is 13.8. The molecule has 104 valence electrons. The van der Waals surface area contributed by atoms with Gasteiger partial charge in [-0.2, -0.15) is 0 Å². The Bertz CT molecular complexity index is 450. The van der Waals surface area contributed by atoms with Crippen LogP contribution >= 0.6 is 0 Å². The number of nitrogens with zero attached hydrogens (tertiary/aromatic N) is 1. The van der Waals surface area contributed by atoms with Crippen LogP contribution in [0.2, 0.25) is 0 Å². The Balaban J connectivity index is 2.01. The molecule has 0 radical (unpaired) electrons. The Hall–Kier alpha value is -1.42. The van der Waals surface area contributed by atoms with Crippen LogP contribution in [0.5, 0.6) is 0 Å². The number of carboxylic acids is 1. The van der Waals surface area contributed by atoms with Crippen LogP contribution in [0.15, 0.2) is 24.3 Å². The predicted octanol–water partition coefficient (Wildman–Crippen LogP) is 2.70. The molecular formula is C15H20FNO2. The minimum atomic E-state index is -0.755. The number of carboxylic acid groups (broad SMARTS) is 1. The largest absolute Gasteiger partial charge is 0.481 e. The first-order valence-corrected chi connectivity index (χ1v) is 6.79. The SMILES string of the molecule is CC(Cc1ccccc1F)N1CCCC1CC(=O)O. The van der Waals surface area contributed by atoms with Crippen molar-refractivity contribution in [1.29, 1.82) is 0 Å². The molecular weight excluding hydrogens is 245 g/mol. The number of carbonyl (C=O) groups is 1. The van der Waals surface area contributed by atoms with Crippen LogP contribution in [-0.2, 0) is 11.2 Å². The minimum absolute atomic E-state index is 0.0965. The van der Waals surface area contributed by atoms with Crippen LogP contribution in [-0.4, -0.2) is 34.6 Å². The number of hydrogen-bond acceptors (Lipinski definition) is 2. The van der Waals surface area contributed by atoms with Crippen molar-refractivity contribution in [1.82, 2.24) is 4.90 Å². The molecule has 2 atom stereocenters. The molecule has 1 aromatic carbocycles. The summed E-state index contributed by atoms with van der Waals surface area (Å²) in [5.74, 6) is -0.932. The second-order valence-corrected chi connectivity index (χ2v) is 5.28. The molecule has 0 spiro atoms. The van der Waals surface area contributed by atoms with Crippen LogP contribution in [0.3, 0.4) is 0 Å². The lowest BCUT2D eigenvalue weighted by atomic mass is 10.0. The van der Waals surface area contributed by atoms with Gasteiger partial charge < -0.3 is 5.11 Å². The minimum Gasteiger partial charge on any atom is -0.481 e. The summed E-state index contributed by atoms with van der Waals surface area (Å²) >= 11 is 0. The molecule has 0 aliphatic carbocycles. The van der Waals surface area contributed by atoms with Gasteiger partial charge in [-0.15, -0.1) is 0 Å². The molecule has 0 bridgehead atoms. The van der Waals surface area contributed by atoms with Crippen LogP contribution < -0.4 is 0 Å². The normalized spacial score (nSPS) is 21.5. The lowest BCUT2D eigenvalue weighted by molar-refractivity contribution is -0.138. The standard InChI is InChI=1S/C15H20FNO2/c1-11(9-12-5-2-3-7-14(12)16)17-8-4-6-13(17)10-15(18)19/h2-3,5,7,11,13H,4,6,8-10H2,1H3,(H,18,19). The molecule has 19 heavy (non-hydrogen) atoms. The maximum atomic E-state index is 13.6. The van der Waals surface area contributed by atoms with Crippen LogP contribution in [0.1, 0.15) is 31.7 Å². The first-order valence-electron chi connectivity index (χ1n) is 6.79. The smallest absolute Gasteiger partial charge is 0.304 e. The van der Waals surface area contributed by atoms with Crippen LogP contribution in [0, 0.1) is 5.82 Å². The predicted molar refractivity (Wildman–Crippen MR) is 71.5 cm³/mol. The van der Waals surface area contributed by atoms with Crippen molar-refractivity contribution in [2.75, 3.05) is 6.54 Å². The summed E-state index contributed by atoms with van der Waals surface area (Å²) < 4.78 is 13.6. The lowest BCUT2D eigenvalue weighted by Gasteiger charge is -2.30. The Morgan fingerprint density at radius 1 is 1.53 bits per heavy atom. The fraction of sp³-hybridized carbons (Fsp3) is 0.533. The van der Waals surface area contributed by atoms with Gasteiger partial charge in [-0.3, -0.25) is 9.69 Å². The monoisotopic (exact) mass is 265 g/mol. The van der Waals surface area contributed by atoms with E-state index in [-0.39, 0.29) is 24.3 Å². The van der Waals surface area contributed by atoms with Crippen molar-refractivity contribution in [3.05, 3.63) is 35.6 Å². The van der Waals surface area contributed by atoms with E-state index < -0.39 is 5.97 Å². The molecule has 4 heteroatoms. The number of likely N-dealkylation sites (tertiary alicyclic amines) is 1. The highest BCUT2D eigenvalue weighted by Gasteiger charge is 2.30. The number of benzene rings is 1. The van der Waals surface area contributed by atoms with Gasteiger partial charge in [0.25, 0.3) is 0 Å². The average molecular weight is 265 g/mol. The van der Waals surface area contributed by atoms with Gasteiger partial charge in [0.1, 0.15) is 5.82 Å². The second kappa shape index (κ2) is 6.15. The van der Waals surface area contributed by atoms with Gasteiger partial charge in [0.05, 0.1) is 6.42 Å². The number of halogens is 1. The Morgan fingerprint density at radius 2 is 2.26 bits per heavy atom. The average Bonchev–Trinajstić information content (AvgIpc) is 2.79. The molecule has 1 aliphatic heterocycles. The lowest BCUT2D eigenvalue weighted by Crippen LogP contribution is -2.39. The fourth-order valence-corrected chi connectivity index (χ4v) is 2.96. The molecule has 3 nitrogen and oxygen atoms in total. The number of hydrogen-bond donors (Lipinski definition) is 1. The van der Waals surface area contributed by atoms with Crippen molar-refractivity contribution < 1.29 is 14.3 Å². The summed E-state index contributed by atoms with van der Waals surface area (Å²) in [5.41, 5.74) is 0.705. The molecule has 1 aliphatic rings.